The molecule has 1 aromatic heterocycles. The van der Waals surface area contributed by atoms with Gasteiger partial charge in [0, 0.05) is 18.3 Å². The molecule has 30 heavy (non-hydrogen) atoms. The largest absolute Gasteiger partial charge is 0.493 e. The van der Waals surface area contributed by atoms with E-state index >= 15 is 0 Å². The van der Waals surface area contributed by atoms with Gasteiger partial charge in [0.15, 0.2) is 17.5 Å². The van der Waals surface area contributed by atoms with Crippen LogP contribution in [0.2, 0.25) is 0 Å². The number of nitrogens with zero attached hydrogens (tertiary/aromatic N) is 2. The van der Waals surface area contributed by atoms with Crippen molar-refractivity contribution in [3.05, 3.63) is 42.1 Å². The minimum Gasteiger partial charge on any atom is -0.493 e. The molecule has 0 aliphatic carbocycles. The van der Waals surface area contributed by atoms with Gasteiger partial charge in [0.25, 0.3) is 0 Å². The summed E-state index contributed by atoms with van der Waals surface area (Å²) < 4.78 is 16.6. The van der Waals surface area contributed by atoms with E-state index in [1.807, 2.05) is 12.1 Å². The predicted molar refractivity (Wildman–Crippen MR) is 120 cm³/mol. The average molecular weight is 415 g/mol. The molecule has 2 rings (SSSR count). The Morgan fingerprint density at radius 1 is 1.07 bits per heavy atom. The van der Waals surface area contributed by atoms with Gasteiger partial charge >= 0.3 is 0 Å². The maximum Gasteiger partial charge on any atom is 0.219 e. The highest BCUT2D eigenvalue weighted by Crippen LogP contribution is 2.39. The number of aliphatic imine (C=N–C) groups is 1. The summed E-state index contributed by atoms with van der Waals surface area (Å²) in [6.07, 6.45) is 5.21. The highest BCUT2D eigenvalue weighted by molar-refractivity contribution is 5.78. The number of ether oxygens (including phenoxy) is 3. The van der Waals surface area contributed by atoms with Crippen LogP contribution in [-0.2, 0) is 6.54 Å². The lowest BCUT2D eigenvalue weighted by Gasteiger charge is -2.15. The van der Waals surface area contributed by atoms with Crippen LogP contribution in [0, 0.1) is 5.92 Å². The summed E-state index contributed by atoms with van der Waals surface area (Å²) in [6, 6.07) is 9.45. The van der Waals surface area contributed by atoms with E-state index in [2.05, 4.69) is 36.1 Å². The Morgan fingerprint density at radius 3 is 2.33 bits per heavy atom. The van der Waals surface area contributed by atoms with E-state index in [4.69, 9.17) is 19.9 Å². The highest BCUT2D eigenvalue weighted by Gasteiger charge is 2.13. The number of aromatic nitrogens is 1. The fourth-order valence-corrected chi connectivity index (χ4v) is 2.97. The van der Waals surface area contributed by atoms with Crippen LogP contribution in [0.15, 0.2) is 41.5 Å². The molecule has 0 saturated heterocycles. The number of para-hydroxylation sites is 1. The van der Waals surface area contributed by atoms with Crippen LogP contribution in [0.4, 0.5) is 0 Å². The Kier molecular flexibility index (Phi) is 9.25. The summed E-state index contributed by atoms with van der Waals surface area (Å²) in [5.74, 6) is 3.26. The van der Waals surface area contributed by atoms with Crippen molar-refractivity contribution >= 4 is 5.96 Å². The van der Waals surface area contributed by atoms with Crippen molar-refractivity contribution in [2.24, 2.45) is 16.6 Å². The quantitative estimate of drug-likeness (QED) is 0.415. The first-order valence-electron chi connectivity index (χ1n) is 10.3. The first-order valence-corrected chi connectivity index (χ1v) is 10.3. The Morgan fingerprint density at radius 2 is 1.77 bits per heavy atom. The van der Waals surface area contributed by atoms with Crippen LogP contribution < -0.4 is 25.3 Å². The number of nitrogens with one attached hydrogen (secondary N) is 1. The molecule has 0 bridgehead atoms. The topological polar surface area (TPSA) is 91.0 Å². The molecule has 0 fully saturated rings. The lowest BCUT2D eigenvalue weighted by Crippen LogP contribution is -2.38. The van der Waals surface area contributed by atoms with E-state index in [0.717, 1.165) is 17.9 Å². The molecule has 0 saturated carbocycles. The third-order valence-electron chi connectivity index (χ3n) is 4.63. The van der Waals surface area contributed by atoms with Crippen LogP contribution in [0.25, 0.3) is 0 Å². The Balaban J connectivity index is 1.91. The molecular weight excluding hydrogens is 380 g/mol. The summed E-state index contributed by atoms with van der Waals surface area (Å²) in [5.41, 5.74) is 6.95. The molecule has 0 aliphatic rings. The molecule has 3 N–H and O–H groups in total. The van der Waals surface area contributed by atoms with Crippen molar-refractivity contribution in [3.8, 4) is 23.1 Å². The zero-order chi connectivity index (χ0) is 21.9. The standard InChI is InChI=1S/C23H34N4O3/c1-16(2)8-6-9-17(3)27-23(24)26-15-18-12-13-21(25-14-18)30-22-19(28-4)10-7-11-20(22)29-5/h7,10-14,16-17H,6,8-9,15H2,1-5H3,(H3,24,26,27). The zero-order valence-electron chi connectivity index (χ0n) is 18.6. The molecule has 0 spiro atoms. The van der Waals surface area contributed by atoms with Crippen LogP contribution in [0.5, 0.6) is 23.1 Å². The van der Waals surface area contributed by atoms with Gasteiger partial charge in [-0.1, -0.05) is 38.8 Å². The molecule has 1 heterocycles. The number of methoxy groups -OCH3 is 2. The van der Waals surface area contributed by atoms with Gasteiger partial charge in [-0.15, -0.1) is 0 Å². The van der Waals surface area contributed by atoms with Gasteiger partial charge in [0.05, 0.1) is 20.8 Å². The van der Waals surface area contributed by atoms with E-state index in [-0.39, 0.29) is 0 Å². The summed E-state index contributed by atoms with van der Waals surface area (Å²) in [5, 5.41) is 3.25. The number of hydrogen-bond acceptors (Lipinski definition) is 5. The first kappa shape index (κ1) is 23.3. The first-order chi connectivity index (χ1) is 14.4. The van der Waals surface area contributed by atoms with Crippen molar-refractivity contribution < 1.29 is 14.2 Å². The van der Waals surface area contributed by atoms with E-state index in [1.165, 1.54) is 12.8 Å². The van der Waals surface area contributed by atoms with Crippen LogP contribution in [-0.4, -0.2) is 31.2 Å². The Labute approximate surface area is 179 Å². The van der Waals surface area contributed by atoms with Crippen LogP contribution in [0.1, 0.15) is 45.6 Å². The third-order valence-corrected chi connectivity index (χ3v) is 4.63. The second-order valence-electron chi connectivity index (χ2n) is 7.67. The SMILES string of the molecule is COc1cccc(OC)c1Oc1ccc(CN=C(N)NC(C)CCCC(C)C)cn1. The number of guanidine groups is 1. The van der Waals surface area contributed by atoms with Gasteiger partial charge in [0.2, 0.25) is 11.6 Å². The smallest absolute Gasteiger partial charge is 0.219 e. The number of nitrogens with two attached hydrogens (primary N) is 1. The van der Waals surface area contributed by atoms with E-state index in [9.17, 15) is 0 Å². The van der Waals surface area contributed by atoms with Gasteiger partial charge in [0.1, 0.15) is 0 Å². The van der Waals surface area contributed by atoms with E-state index in [1.54, 1.807) is 38.6 Å². The average Bonchev–Trinajstić information content (AvgIpc) is 2.73. The summed E-state index contributed by atoms with van der Waals surface area (Å²) >= 11 is 0. The summed E-state index contributed by atoms with van der Waals surface area (Å²) in [7, 11) is 3.17. The molecule has 164 valence electrons. The molecule has 1 aromatic carbocycles. The van der Waals surface area contributed by atoms with Crippen molar-refractivity contribution in [1.82, 2.24) is 10.3 Å². The number of hydrogen-bond donors (Lipinski definition) is 2. The predicted octanol–water partition coefficient (Wildman–Crippen LogP) is 4.51. The molecule has 0 radical (unpaired) electrons. The van der Waals surface area contributed by atoms with Crippen LogP contribution >= 0.6 is 0 Å². The molecule has 0 amide bonds. The van der Waals surface area contributed by atoms with Crippen molar-refractivity contribution in [3.63, 3.8) is 0 Å². The molecule has 7 nitrogen and oxygen atoms in total. The fourth-order valence-electron chi connectivity index (χ4n) is 2.97. The normalized spacial score (nSPS) is 12.5. The maximum atomic E-state index is 6.02. The van der Waals surface area contributed by atoms with Crippen molar-refractivity contribution in [1.29, 1.82) is 0 Å². The zero-order valence-corrected chi connectivity index (χ0v) is 18.6. The second kappa shape index (κ2) is 11.9. The molecule has 1 unspecified atom stereocenters. The number of pyridine rings is 1. The third kappa shape index (κ3) is 7.46. The molecule has 0 aliphatic heterocycles. The van der Waals surface area contributed by atoms with Gasteiger partial charge in [-0.3, -0.25) is 0 Å². The molecule has 1 atom stereocenters. The lowest BCUT2D eigenvalue weighted by atomic mass is 10.0. The van der Waals surface area contributed by atoms with Crippen LogP contribution in [0.3, 0.4) is 0 Å². The monoisotopic (exact) mass is 414 g/mol. The van der Waals surface area contributed by atoms with Crippen molar-refractivity contribution in [2.45, 2.75) is 52.6 Å². The van der Waals surface area contributed by atoms with Gasteiger partial charge in [-0.2, -0.15) is 0 Å². The second-order valence-corrected chi connectivity index (χ2v) is 7.67. The molecular formula is C23H34N4O3. The Hall–Kier alpha value is -2.96. The Bertz CT molecular complexity index is 784. The highest BCUT2D eigenvalue weighted by atomic mass is 16.5. The number of benzene rings is 1. The minimum atomic E-state index is 0.303. The fraction of sp³-hybridized carbons (Fsp3) is 0.478. The maximum absolute atomic E-state index is 6.02. The number of rotatable bonds is 11. The molecule has 2 aromatic rings. The van der Waals surface area contributed by atoms with Gasteiger partial charge < -0.3 is 25.3 Å². The van der Waals surface area contributed by atoms with Gasteiger partial charge in [-0.25, -0.2) is 9.98 Å². The lowest BCUT2D eigenvalue weighted by molar-refractivity contribution is 0.342. The van der Waals surface area contributed by atoms with Gasteiger partial charge in [-0.05, 0) is 37.0 Å². The van der Waals surface area contributed by atoms with E-state index in [0.29, 0.717) is 41.7 Å². The molecule has 7 heteroatoms. The summed E-state index contributed by atoms with van der Waals surface area (Å²) in [6.45, 7) is 7.06. The summed E-state index contributed by atoms with van der Waals surface area (Å²) in [4.78, 5) is 8.77. The van der Waals surface area contributed by atoms with E-state index < -0.39 is 0 Å². The van der Waals surface area contributed by atoms with Crippen molar-refractivity contribution in [2.75, 3.05) is 14.2 Å². The minimum absolute atomic E-state index is 0.303.